The van der Waals surface area contributed by atoms with Gasteiger partial charge in [-0.1, -0.05) is 0 Å². The number of rotatable bonds is 1. The van der Waals surface area contributed by atoms with Gasteiger partial charge in [0, 0.05) is 24.8 Å². The van der Waals surface area contributed by atoms with Gasteiger partial charge in [-0.05, 0) is 0 Å². The molecule has 1 aromatic heterocycles. The zero-order valence-corrected chi connectivity index (χ0v) is 9.43. The Labute approximate surface area is 97.9 Å². The van der Waals surface area contributed by atoms with Crippen molar-refractivity contribution in [2.75, 3.05) is 20.3 Å². The molecule has 0 aliphatic carbocycles. The molecule has 90 valence electrons. The molecule has 0 saturated carbocycles. The van der Waals surface area contributed by atoms with Crippen molar-refractivity contribution in [2.24, 2.45) is 0 Å². The van der Waals surface area contributed by atoms with Crippen molar-refractivity contribution in [1.82, 2.24) is 9.97 Å². The summed E-state index contributed by atoms with van der Waals surface area (Å²) in [6, 6.07) is 0. The van der Waals surface area contributed by atoms with E-state index in [2.05, 4.69) is 14.7 Å². The quantitative estimate of drug-likeness (QED) is 0.658. The molecule has 1 unspecified atom stereocenters. The Morgan fingerprint density at radius 1 is 1.59 bits per heavy atom. The van der Waals surface area contributed by atoms with Crippen molar-refractivity contribution in [2.45, 2.75) is 18.6 Å². The van der Waals surface area contributed by atoms with Gasteiger partial charge in [-0.3, -0.25) is 0 Å². The Kier molecular flexibility index (Phi) is 2.34. The van der Waals surface area contributed by atoms with E-state index in [1.807, 2.05) is 0 Å². The number of fused-ring (bicyclic) bond motifs is 2. The average Bonchev–Trinajstić information content (AvgIpc) is 2.98. The SMILES string of the molecule is COC(=O)c1ncc2c(n1)C1(CCOC1)OC2. The average molecular weight is 236 g/mol. The van der Waals surface area contributed by atoms with Crippen LogP contribution in [0.2, 0.25) is 0 Å². The number of nitrogens with zero attached hydrogens (tertiary/aromatic N) is 2. The molecule has 1 aromatic rings. The summed E-state index contributed by atoms with van der Waals surface area (Å²) >= 11 is 0. The van der Waals surface area contributed by atoms with Gasteiger partial charge in [0.2, 0.25) is 5.82 Å². The molecule has 1 spiro atoms. The fourth-order valence-corrected chi connectivity index (χ4v) is 2.23. The Hall–Kier alpha value is -1.53. The molecule has 1 atom stereocenters. The van der Waals surface area contributed by atoms with Gasteiger partial charge in [-0.15, -0.1) is 0 Å². The predicted octanol–water partition coefficient (Wildman–Crippen LogP) is 0.409. The first-order chi connectivity index (χ1) is 8.25. The first kappa shape index (κ1) is 10.6. The third-order valence-corrected chi connectivity index (χ3v) is 3.15. The van der Waals surface area contributed by atoms with Crippen molar-refractivity contribution in [3.63, 3.8) is 0 Å². The third kappa shape index (κ3) is 1.52. The Morgan fingerprint density at radius 2 is 2.47 bits per heavy atom. The maximum atomic E-state index is 11.4. The second kappa shape index (κ2) is 3.75. The van der Waals surface area contributed by atoms with E-state index in [1.54, 1.807) is 6.20 Å². The van der Waals surface area contributed by atoms with Crippen molar-refractivity contribution >= 4 is 5.97 Å². The van der Waals surface area contributed by atoms with Crippen LogP contribution in [0.25, 0.3) is 0 Å². The van der Waals surface area contributed by atoms with Crippen molar-refractivity contribution in [3.05, 3.63) is 23.3 Å². The molecule has 17 heavy (non-hydrogen) atoms. The molecular weight excluding hydrogens is 224 g/mol. The number of methoxy groups -OCH3 is 1. The monoisotopic (exact) mass is 236 g/mol. The van der Waals surface area contributed by atoms with Crippen LogP contribution in [0.5, 0.6) is 0 Å². The van der Waals surface area contributed by atoms with Crippen LogP contribution in [0, 0.1) is 0 Å². The highest BCUT2D eigenvalue weighted by Crippen LogP contribution is 2.40. The highest BCUT2D eigenvalue weighted by Gasteiger charge is 2.45. The van der Waals surface area contributed by atoms with Crippen LogP contribution < -0.4 is 0 Å². The third-order valence-electron chi connectivity index (χ3n) is 3.15. The standard InChI is InChI=1S/C11H12N2O4/c1-15-10(14)9-12-4-7-5-17-11(8(7)13-9)2-3-16-6-11/h4H,2-3,5-6H2,1H3. The number of carbonyl (C=O) groups is 1. The van der Waals surface area contributed by atoms with E-state index >= 15 is 0 Å². The van der Waals surface area contributed by atoms with Gasteiger partial charge >= 0.3 is 5.97 Å². The van der Waals surface area contributed by atoms with Crippen LogP contribution in [-0.2, 0) is 26.4 Å². The molecule has 0 amide bonds. The molecule has 0 aromatic carbocycles. The van der Waals surface area contributed by atoms with Crippen LogP contribution in [0.1, 0.15) is 28.3 Å². The molecule has 0 N–H and O–H groups in total. The lowest BCUT2D eigenvalue weighted by molar-refractivity contribution is -0.0442. The molecule has 6 nitrogen and oxygen atoms in total. The van der Waals surface area contributed by atoms with Crippen LogP contribution in [0.15, 0.2) is 6.20 Å². The summed E-state index contributed by atoms with van der Waals surface area (Å²) in [5.41, 5.74) is 1.20. The Bertz CT molecular complexity index is 469. The summed E-state index contributed by atoms with van der Waals surface area (Å²) in [7, 11) is 1.31. The molecule has 1 fully saturated rings. The first-order valence-corrected chi connectivity index (χ1v) is 5.42. The Balaban J connectivity index is 2.04. The minimum absolute atomic E-state index is 0.0722. The fourth-order valence-electron chi connectivity index (χ4n) is 2.23. The highest BCUT2D eigenvalue weighted by molar-refractivity contribution is 5.85. The minimum atomic E-state index is -0.534. The van der Waals surface area contributed by atoms with Crippen LogP contribution in [-0.4, -0.2) is 36.3 Å². The van der Waals surface area contributed by atoms with E-state index in [0.29, 0.717) is 19.8 Å². The van der Waals surface area contributed by atoms with Crippen molar-refractivity contribution in [3.8, 4) is 0 Å². The van der Waals surface area contributed by atoms with E-state index in [1.165, 1.54) is 7.11 Å². The summed E-state index contributed by atoms with van der Waals surface area (Å²) in [5, 5.41) is 0. The maximum Gasteiger partial charge on any atom is 0.376 e. The van der Waals surface area contributed by atoms with E-state index in [0.717, 1.165) is 17.7 Å². The largest absolute Gasteiger partial charge is 0.463 e. The van der Waals surface area contributed by atoms with Gasteiger partial charge < -0.3 is 14.2 Å². The Morgan fingerprint density at radius 3 is 3.18 bits per heavy atom. The number of aromatic nitrogens is 2. The summed E-state index contributed by atoms with van der Waals surface area (Å²) in [6.45, 7) is 1.61. The van der Waals surface area contributed by atoms with E-state index < -0.39 is 11.6 Å². The van der Waals surface area contributed by atoms with Crippen molar-refractivity contribution in [1.29, 1.82) is 0 Å². The lowest BCUT2D eigenvalue weighted by Crippen LogP contribution is -2.27. The molecule has 0 bridgehead atoms. The zero-order valence-electron chi connectivity index (χ0n) is 9.43. The molecule has 6 heteroatoms. The number of carbonyl (C=O) groups excluding carboxylic acids is 1. The second-order valence-electron chi connectivity index (χ2n) is 4.14. The minimum Gasteiger partial charge on any atom is -0.463 e. The van der Waals surface area contributed by atoms with Gasteiger partial charge in [0.1, 0.15) is 5.60 Å². The van der Waals surface area contributed by atoms with Gasteiger partial charge in [0.15, 0.2) is 0 Å². The summed E-state index contributed by atoms with van der Waals surface area (Å²) in [6.07, 6.45) is 2.39. The maximum absolute atomic E-state index is 11.4. The van der Waals surface area contributed by atoms with E-state index in [4.69, 9.17) is 9.47 Å². The van der Waals surface area contributed by atoms with Crippen LogP contribution in [0.4, 0.5) is 0 Å². The second-order valence-corrected chi connectivity index (χ2v) is 4.14. The number of ether oxygens (including phenoxy) is 3. The molecular formula is C11H12N2O4. The van der Waals surface area contributed by atoms with Crippen molar-refractivity contribution < 1.29 is 19.0 Å². The lowest BCUT2D eigenvalue weighted by Gasteiger charge is -2.20. The number of esters is 1. The topological polar surface area (TPSA) is 70.5 Å². The van der Waals surface area contributed by atoms with Gasteiger partial charge in [0.05, 0.1) is 26.0 Å². The summed E-state index contributed by atoms with van der Waals surface area (Å²) < 4.78 is 15.7. The predicted molar refractivity (Wildman–Crippen MR) is 55.3 cm³/mol. The normalized spacial score (nSPS) is 26.2. The molecule has 3 rings (SSSR count). The fraction of sp³-hybridized carbons (Fsp3) is 0.545. The number of hydrogen-bond donors (Lipinski definition) is 0. The molecule has 3 heterocycles. The smallest absolute Gasteiger partial charge is 0.376 e. The molecule has 0 radical (unpaired) electrons. The summed E-state index contributed by atoms with van der Waals surface area (Å²) in [5.74, 6) is -0.461. The van der Waals surface area contributed by atoms with Gasteiger partial charge in [-0.2, -0.15) is 0 Å². The molecule has 2 aliphatic rings. The van der Waals surface area contributed by atoms with Crippen LogP contribution >= 0.6 is 0 Å². The van der Waals surface area contributed by atoms with E-state index in [-0.39, 0.29) is 5.82 Å². The molecule has 1 saturated heterocycles. The lowest BCUT2D eigenvalue weighted by atomic mass is 9.98. The van der Waals surface area contributed by atoms with Gasteiger partial charge in [0.25, 0.3) is 0 Å². The highest BCUT2D eigenvalue weighted by atomic mass is 16.6. The summed E-state index contributed by atoms with van der Waals surface area (Å²) in [4.78, 5) is 19.6. The van der Waals surface area contributed by atoms with Gasteiger partial charge in [-0.25, -0.2) is 14.8 Å². The van der Waals surface area contributed by atoms with E-state index in [9.17, 15) is 4.79 Å². The zero-order chi connectivity index (χ0) is 11.9. The van der Waals surface area contributed by atoms with Crippen LogP contribution in [0.3, 0.4) is 0 Å². The molecule has 2 aliphatic heterocycles. The first-order valence-electron chi connectivity index (χ1n) is 5.42. The number of hydrogen-bond acceptors (Lipinski definition) is 6.